The van der Waals surface area contributed by atoms with Crippen molar-refractivity contribution in [2.24, 2.45) is 0 Å². The predicted octanol–water partition coefficient (Wildman–Crippen LogP) is 2.07. The van der Waals surface area contributed by atoms with Crippen molar-refractivity contribution in [1.29, 1.82) is 0 Å². The summed E-state index contributed by atoms with van der Waals surface area (Å²) < 4.78 is 10.1. The number of hydrogen-bond donors (Lipinski definition) is 0. The number of hydrogen-bond acceptors (Lipinski definition) is 8. The van der Waals surface area contributed by atoms with Crippen molar-refractivity contribution in [3.8, 4) is 11.4 Å². The lowest BCUT2D eigenvalue weighted by atomic mass is 10.1. The second-order valence-electron chi connectivity index (χ2n) is 5.42. The van der Waals surface area contributed by atoms with E-state index in [0.717, 1.165) is 10.5 Å². The highest BCUT2D eigenvalue weighted by Gasteiger charge is 2.36. The van der Waals surface area contributed by atoms with Gasteiger partial charge in [0.1, 0.15) is 6.54 Å². The van der Waals surface area contributed by atoms with Crippen molar-refractivity contribution in [1.82, 2.24) is 10.1 Å². The van der Waals surface area contributed by atoms with Crippen LogP contribution in [0.25, 0.3) is 11.4 Å². The average Bonchev–Trinajstić information content (AvgIpc) is 3.38. The molecule has 0 atom stereocenters. The summed E-state index contributed by atoms with van der Waals surface area (Å²) in [7, 11) is 0. The molecule has 0 saturated heterocycles. The summed E-state index contributed by atoms with van der Waals surface area (Å²) in [6.45, 7) is -0.583. The monoisotopic (exact) mass is 369 g/mol. The zero-order valence-electron chi connectivity index (χ0n) is 13.2. The number of fused-ring (bicyclic) bond motifs is 1. The molecule has 130 valence electrons. The molecule has 8 nitrogen and oxygen atoms in total. The van der Waals surface area contributed by atoms with Crippen LogP contribution >= 0.6 is 11.3 Å². The number of carbonyl (C=O) groups is 3. The van der Waals surface area contributed by atoms with Gasteiger partial charge in [-0.15, -0.1) is 0 Å². The highest BCUT2D eigenvalue weighted by molar-refractivity contribution is 7.08. The van der Waals surface area contributed by atoms with Crippen LogP contribution < -0.4 is 4.90 Å². The van der Waals surface area contributed by atoms with Crippen LogP contribution in [0.3, 0.4) is 0 Å². The number of Topliss-reactive ketones (excluding diaryl/α,β-unsaturated/α-hetero) is 1. The molecule has 0 fully saturated rings. The van der Waals surface area contributed by atoms with Gasteiger partial charge in [-0.1, -0.05) is 17.3 Å². The zero-order chi connectivity index (χ0) is 18.1. The molecule has 1 aromatic carbocycles. The summed E-state index contributed by atoms with van der Waals surface area (Å²) in [4.78, 5) is 41.2. The molecule has 0 saturated carbocycles. The molecule has 0 N–H and O–H groups in total. The van der Waals surface area contributed by atoms with E-state index >= 15 is 0 Å². The summed E-state index contributed by atoms with van der Waals surface area (Å²) in [5.41, 5.74) is 1.49. The Morgan fingerprint density at radius 3 is 2.88 bits per heavy atom. The predicted molar refractivity (Wildman–Crippen MR) is 90.5 cm³/mol. The fourth-order valence-corrected chi connectivity index (χ4v) is 3.18. The van der Waals surface area contributed by atoms with Gasteiger partial charge in [-0.25, -0.2) is 0 Å². The number of thiophene rings is 1. The molecule has 4 rings (SSSR count). The van der Waals surface area contributed by atoms with Crippen molar-refractivity contribution in [3.63, 3.8) is 0 Å². The number of anilines is 1. The highest BCUT2D eigenvalue weighted by Crippen LogP contribution is 2.28. The molecule has 26 heavy (non-hydrogen) atoms. The number of ketones is 1. The molecule has 0 aliphatic carbocycles. The second-order valence-corrected chi connectivity index (χ2v) is 6.20. The van der Waals surface area contributed by atoms with Crippen molar-refractivity contribution in [2.45, 2.75) is 6.61 Å². The standard InChI is InChI=1S/C17H11N3O5S/c21-14(7-20-12-4-2-1-3-11(12)15(22)17(20)23)24-8-13-18-16(19-25-13)10-5-6-26-9-10/h1-6,9H,7-8H2. The molecule has 2 aromatic heterocycles. The molecule has 0 radical (unpaired) electrons. The molecule has 3 aromatic rings. The minimum absolute atomic E-state index is 0.142. The number of esters is 1. The molecule has 3 heterocycles. The maximum absolute atomic E-state index is 12.1. The van der Waals surface area contributed by atoms with Gasteiger partial charge in [0, 0.05) is 10.9 Å². The first-order valence-corrected chi connectivity index (χ1v) is 8.54. The second kappa shape index (κ2) is 6.52. The fourth-order valence-electron chi connectivity index (χ4n) is 2.54. The average molecular weight is 369 g/mol. The molecule has 0 unspecified atom stereocenters. The van der Waals surface area contributed by atoms with Crippen molar-refractivity contribution in [3.05, 3.63) is 52.5 Å². The third kappa shape index (κ3) is 2.88. The van der Waals surface area contributed by atoms with Crippen molar-refractivity contribution in [2.75, 3.05) is 11.4 Å². The van der Waals surface area contributed by atoms with Gasteiger partial charge in [0.15, 0.2) is 6.61 Å². The van der Waals surface area contributed by atoms with Gasteiger partial charge in [0.2, 0.25) is 5.82 Å². The lowest BCUT2D eigenvalue weighted by Gasteiger charge is -2.14. The van der Waals surface area contributed by atoms with E-state index in [9.17, 15) is 14.4 Å². The molecular formula is C17H11N3O5S. The van der Waals surface area contributed by atoms with Crippen LogP contribution in [-0.4, -0.2) is 34.3 Å². The quantitative estimate of drug-likeness (QED) is 0.501. The summed E-state index contributed by atoms with van der Waals surface area (Å²) >= 11 is 1.50. The molecule has 0 spiro atoms. The highest BCUT2D eigenvalue weighted by atomic mass is 32.1. The van der Waals surface area contributed by atoms with E-state index in [0.29, 0.717) is 11.5 Å². The maximum atomic E-state index is 12.1. The lowest BCUT2D eigenvalue weighted by Crippen LogP contribution is -2.35. The maximum Gasteiger partial charge on any atom is 0.326 e. The van der Waals surface area contributed by atoms with E-state index in [1.807, 2.05) is 16.8 Å². The Kier molecular flexibility index (Phi) is 4.05. The third-order valence-corrected chi connectivity index (χ3v) is 4.45. The zero-order valence-corrected chi connectivity index (χ0v) is 14.1. The summed E-state index contributed by atoms with van der Waals surface area (Å²) in [6.07, 6.45) is 0. The molecular weight excluding hydrogens is 358 g/mol. The van der Waals surface area contributed by atoms with Gasteiger partial charge in [0.05, 0.1) is 11.3 Å². The molecule has 9 heteroatoms. The van der Waals surface area contributed by atoms with Crippen LogP contribution in [0, 0.1) is 0 Å². The third-order valence-electron chi connectivity index (χ3n) is 3.77. The van der Waals surface area contributed by atoms with E-state index in [-0.39, 0.29) is 24.6 Å². The van der Waals surface area contributed by atoms with Gasteiger partial charge in [0.25, 0.3) is 17.6 Å². The Hall–Kier alpha value is -3.33. The first-order chi connectivity index (χ1) is 12.6. The topological polar surface area (TPSA) is 103 Å². The number of nitrogens with zero attached hydrogens (tertiary/aromatic N) is 3. The van der Waals surface area contributed by atoms with E-state index < -0.39 is 17.7 Å². The first-order valence-electron chi connectivity index (χ1n) is 7.59. The van der Waals surface area contributed by atoms with Gasteiger partial charge in [-0.2, -0.15) is 16.3 Å². The first kappa shape index (κ1) is 16.2. The summed E-state index contributed by atoms with van der Waals surface area (Å²) in [5, 5.41) is 7.57. The largest absolute Gasteiger partial charge is 0.454 e. The minimum atomic E-state index is -0.749. The molecule has 1 amide bonds. The van der Waals surface area contributed by atoms with E-state index in [4.69, 9.17) is 9.26 Å². The number of para-hydroxylation sites is 1. The normalized spacial score (nSPS) is 13.2. The smallest absolute Gasteiger partial charge is 0.326 e. The van der Waals surface area contributed by atoms with Crippen LogP contribution in [-0.2, 0) is 20.9 Å². The van der Waals surface area contributed by atoms with Gasteiger partial charge < -0.3 is 9.26 Å². The lowest BCUT2D eigenvalue weighted by molar-refractivity contribution is -0.144. The van der Waals surface area contributed by atoms with Crippen LogP contribution in [0.15, 0.2) is 45.6 Å². The van der Waals surface area contributed by atoms with Gasteiger partial charge in [-0.05, 0) is 23.6 Å². The van der Waals surface area contributed by atoms with Crippen molar-refractivity contribution < 1.29 is 23.6 Å². The van der Waals surface area contributed by atoms with Crippen LogP contribution in [0.1, 0.15) is 16.2 Å². The number of ether oxygens (including phenoxy) is 1. The van der Waals surface area contributed by atoms with Gasteiger partial charge in [-0.3, -0.25) is 19.3 Å². The Labute approximate surface area is 151 Å². The Balaban J connectivity index is 1.39. The summed E-state index contributed by atoms with van der Waals surface area (Å²) in [6, 6.07) is 8.35. The fraction of sp³-hybridized carbons (Fsp3) is 0.118. The molecule has 1 aliphatic heterocycles. The summed E-state index contributed by atoms with van der Waals surface area (Å²) in [5.74, 6) is -1.51. The SMILES string of the molecule is O=C(CN1C(=O)C(=O)c2ccccc21)OCc1nc(-c2ccsc2)no1. The Morgan fingerprint density at radius 2 is 2.08 bits per heavy atom. The van der Waals surface area contributed by atoms with Gasteiger partial charge >= 0.3 is 5.97 Å². The molecule has 1 aliphatic rings. The van der Waals surface area contributed by atoms with Crippen LogP contribution in [0.4, 0.5) is 5.69 Å². The van der Waals surface area contributed by atoms with E-state index in [1.54, 1.807) is 24.3 Å². The Bertz CT molecular complexity index is 996. The number of carbonyl (C=O) groups excluding carboxylic acids is 3. The van der Waals surface area contributed by atoms with Crippen molar-refractivity contribution >= 4 is 34.7 Å². The minimum Gasteiger partial charge on any atom is -0.454 e. The number of benzene rings is 1. The van der Waals surface area contributed by atoms with Crippen LogP contribution in [0.5, 0.6) is 0 Å². The van der Waals surface area contributed by atoms with E-state index in [2.05, 4.69) is 10.1 Å². The number of rotatable bonds is 5. The Morgan fingerprint density at radius 1 is 1.23 bits per heavy atom. The van der Waals surface area contributed by atoms with Crippen LogP contribution in [0.2, 0.25) is 0 Å². The molecule has 0 bridgehead atoms. The van der Waals surface area contributed by atoms with E-state index in [1.165, 1.54) is 11.3 Å². The number of amides is 1. The number of aromatic nitrogens is 2.